The molecule has 1 heterocycles. The highest BCUT2D eigenvalue weighted by Gasteiger charge is 2.29. The number of hydrogen-bond donors (Lipinski definition) is 3. The topological polar surface area (TPSA) is 78.4 Å². The molecule has 12 heavy (non-hydrogen) atoms. The molecule has 1 unspecified atom stereocenters. The predicted octanol–water partition coefficient (Wildman–Crippen LogP) is -1.06. The van der Waals surface area contributed by atoms with Crippen LogP contribution in [-0.4, -0.2) is 35.6 Å². The van der Waals surface area contributed by atoms with Crippen molar-refractivity contribution in [1.29, 1.82) is 0 Å². The van der Waals surface area contributed by atoms with Crippen molar-refractivity contribution < 1.29 is 14.7 Å². The summed E-state index contributed by atoms with van der Waals surface area (Å²) in [6, 6.07) is -0.551. The van der Waals surface area contributed by atoms with Crippen molar-refractivity contribution in [3.63, 3.8) is 0 Å². The zero-order chi connectivity index (χ0) is 9.14. The summed E-state index contributed by atoms with van der Waals surface area (Å²) in [7, 11) is 0. The van der Waals surface area contributed by atoms with Gasteiger partial charge in [0.15, 0.2) is 0 Å². The highest BCUT2D eigenvalue weighted by molar-refractivity contribution is 5.75. The first-order valence-corrected chi connectivity index (χ1v) is 3.83. The van der Waals surface area contributed by atoms with Crippen molar-refractivity contribution in [2.45, 2.75) is 25.4 Å². The summed E-state index contributed by atoms with van der Waals surface area (Å²) in [5, 5.41) is 14.0. The number of rotatable bonds is 2. The van der Waals surface area contributed by atoms with Gasteiger partial charge in [-0.25, -0.2) is 0 Å². The van der Waals surface area contributed by atoms with Crippen LogP contribution < -0.4 is 10.6 Å². The fourth-order valence-electron chi connectivity index (χ4n) is 1.32. The predicted molar refractivity (Wildman–Crippen MR) is 41.6 cm³/mol. The molecule has 68 valence electrons. The molecule has 0 bridgehead atoms. The Hall–Kier alpha value is -1.10. The number of carbonyl (C=O) groups is 2. The molecule has 1 aliphatic rings. The zero-order valence-corrected chi connectivity index (χ0v) is 6.83. The van der Waals surface area contributed by atoms with E-state index in [9.17, 15) is 9.59 Å². The van der Waals surface area contributed by atoms with E-state index < -0.39 is 12.0 Å². The van der Waals surface area contributed by atoms with Crippen molar-refractivity contribution >= 4 is 11.9 Å². The summed E-state index contributed by atoms with van der Waals surface area (Å²) in [5.74, 6) is -0.976. The lowest BCUT2D eigenvalue weighted by Crippen LogP contribution is -2.34. The second-order valence-electron chi connectivity index (χ2n) is 2.93. The molecule has 1 fully saturated rings. The van der Waals surface area contributed by atoms with E-state index in [1.165, 1.54) is 6.92 Å². The molecule has 0 radical (unpaired) electrons. The van der Waals surface area contributed by atoms with Gasteiger partial charge in [-0.2, -0.15) is 0 Å². The van der Waals surface area contributed by atoms with Crippen LogP contribution in [0.1, 0.15) is 13.3 Å². The van der Waals surface area contributed by atoms with Gasteiger partial charge in [0.2, 0.25) is 5.91 Å². The number of hydrogen-bond acceptors (Lipinski definition) is 3. The maximum Gasteiger partial charge on any atom is 0.320 e. The second-order valence-corrected chi connectivity index (χ2v) is 2.93. The molecule has 0 saturated carbocycles. The molecule has 5 heteroatoms. The molecule has 1 amide bonds. The first-order chi connectivity index (χ1) is 5.59. The van der Waals surface area contributed by atoms with Crippen LogP contribution in [0.4, 0.5) is 0 Å². The summed E-state index contributed by atoms with van der Waals surface area (Å²) in [5.41, 5.74) is 0. The standard InChI is InChI=1S/C7H12N2O3/c1-4(10)9-5-2-6(7(11)12)8-3-5/h5-6,8H,2-3H2,1H3,(H,9,10)(H,11,12)/t5?,6-/m0/s1. The van der Waals surface area contributed by atoms with Gasteiger partial charge in [-0.15, -0.1) is 0 Å². The minimum Gasteiger partial charge on any atom is -0.480 e. The molecule has 5 nitrogen and oxygen atoms in total. The third kappa shape index (κ3) is 2.20. The van der Waals surface area contributed by atoms with Gasteiger partial charge in [-0.3, -0.25) is 9.59 Å². The number of aliphatic carboxylic acids is 1. The molecule has 1 saturated heterocycles. The summed E-state index contributed by atoms with van der Waals surface area (Å²) in [6.07, 6.45) is 0.467. The molecule has 1 aliphatic heterocycles. The summed E-state index contributed by atoms with van der Waals surface area (Å²) >= 11 is 0. The van der Waals surface area contributed by atoms with E-state index in [4.69, 9.17) is 5.11 Å². The van der Waals surface area contributed by atoms with Crippen LogP contribution in [0.2, 0.25) is 0 Å². The van der Waals surface area contributed by atoms with Gasteiger partial charge in [-0.05, 0) is 6.42 Å². The minimum atomic E-state index is -0.858. The molecule has 0 aromatic carbocycles. The van der Waals surface area contributed by atoms with Gasteiger partial charge in [-0.1, -0.05) is 0 Å². The van der Waals surface area contributed by atoms with Gasteiger partial charge in [0, 0.05) is 19.5 Å². The molecule has 0 spiro atoms. The van der Waals surface area contributed by atoms with Crippen molar-refractivity contribution in [1.82, 2.24) is 10.6 Å². The van der Waals surface area contributed by atoms with Crippen LogP contribution in [0.15, 0.2) is 0 Å². The van der Waals surface area contributed by atoms with E-state index in [0.717, 1.165) is 0 Å². The van der Waals surface area contributed by atoms with Crippen LogP contribution in [0.5, 0.6) is 0 Å². The first-order valence-electron chi connectivity index (χ1n) is 3.83. The average Bonchev–Trinajstić information content (AvgIpc) is 2.34. The van der Waals surface area contributed by atoms with Crippen molar-refractivity contribution in [3.05, 3.63) is 0 Å². The largest absolute Gasteiger partial charge is 0.480 e. The van der Waals surface area contributed by atoms with Gasteiger partial charge in [0.05, 0.1) is 0 Å². The number of carboxylic acids is 1. The Balaban J connectivity index is 2.35. The third-order valence-electron chi connectivity index (χ3n) is 1.84. The maximum atomic E-state index is 10.6. The van der Waals surface area contributed by atoms with E-state index in [1.807, 2.05) is 0 Å². The molecular formula is C7H12N2O3. The highest BCUT2D eigenvalue weighted by Crippen LogP contribution is 2.06. The van der Waals surface area contributed by atoms with Gasteiger partial charge in [0.25, 0.3) is 0 Å². The molecule has 0 aliphatic carbocycles. The van der Waals surface area contributed by atoms with Crippen LogP contribution in [0.3, 0.4) is 0 Å². The third-order valence-corrected chi connectivity index (χ3v) is 1.84. The summed E-state index contributed by atoms with van der Waals surface area (Å²) in [4.78, 5) is 21.0. The fourth-order valence-corrected chi connectivity index (χ4v) is 1.32. The second kappa shape index (κ2) is 3.53. The Morgan fingerprint density at radius 2 is 2.25 bits per heavy atom. The minimum absolute atomic E-state index is 0.0383. The van der Waals surface area contributed by atoms with Crippen LogP contribution in [0, 0.1) is 0 Å². The molecule has 1 rings (SSSR count). The number of carboxylic acid groups (broad SMARTS) is 1. The van der Waals surface area contributed by atoms with Crippen LogP contribution >= 0.6 is 0 Å². The molecule has 0 aromatic heterocycles. The fraction of sp³-hybridized carbons (Fsp3) is 0.714. The van der Waals surface area contributed by atoms with Gasteiger partial charge >= 0.3 is 5.97 Å². The summed E-state index contributed by atoms with van der Waals surface area (Å²) < 4.78 is 0. The molecule has 3 N–H and O–H groups in total. The van der Waals surface area contributed by atoms with Crippen molar-refractivity contribution in [2.24, 2.45) is 0 Å². The molecular weight excluding hydrogens is 160 g/mol. The summed E-state index contributed by atoms with van der Waals surface area (Å²) in [6.45, 7) is 1.96. The molecule has 2 atom stereocenters. The Bertz CT molecular complexity index is 205. The normalized spacial score (nSPS) is 28.4. The van der Waals surface area contributed by atoms with Crippen LogP contribution in [-0.2, 0) is 9.59 Å². The smallest absolute Gasteiger partial charge is 0.320 e. The Morgan fingerprint density at radius 3 is 2.67 bits per heavy atom. The van der Waals surface area contributed by atoms with Crippen molar-refractivity contribution in [3.8, 4) is 0 Å². The van der Waals surface area contributed by atoms with Gasteiger partial charge in [0.1, 0.15) is 6.04 Å². The van der Waals surface area contributed by atoms with Crippen LogP contribution in [0.25, 0.3) is 0 Å². The Labute approximate surface area is 70.1 Å². The lowest BCUT2D eigenvalue weighted by atomic mass is 10.2. The van der Waals surface area contributed by atoms with E-state index in [1.54, 1.807) is 0 Å². The monoisotopic (exact) mass is 172 g/mol. The Morgan fingerprint density at radius 1 is 1.58 bits per heavy atom. The SMILES string of the molecule is CC(=O)NC1CN[C@H](C(=O)O)C1. The van der Waals surface area contributed by atoms with Crippen molar-refractivity contribution in [2.75, 3.05) is 6.54 Å². The van der Waals surface area contributed by atoms with E-state index >= 15 is 0 Å². The number of nitrogens with one attached hydrogen (secondary N) is 2. The zero-order valence-electron chi connectivity index (χ0n) is 6.83. The maximum absolute atomic E-state index is 10.6. The van der Waals surface area contributed by atoms with E-state index in [-0.39, 0.29) is 11.9 Å². The quantitative estimate of drug-likeness (QED) is 0.496. The van der Waals surface area contributed by atoms with E-state index in [0.29, 0.717) is 13.0 Å². The number of carbonyl (C=O) groups excluding carboxylic acids is 1. The first kappa shape index (κ1) is 8.99. The number of amides is 1. The van der Waals surface area contributed by atoms with E-state index in [2.05, 4.69) is 10.6 Å². The molecule has 0 aromatic rings. The lowest BCUT2D eigenvalue weighted by molar-refractivity contribution is -0.139. The Kier molecular flexibility index (Phi) is 2.65. The van der Waals surface area contributed by atoms with Gasteiger partial charge < -0.3 is 15.7 Å². The highest BCUT2D eigenvalue weighted by atomic mass is 16.4. The average molecular weight is 172 g/mol. The lowest BCUT2D eigenvalue weighted by Gasteiger charge is -2.07.